The van der Waals surface area contributed by atoms with Gasteiger partial charge in [0.05, 0.1) is 6.26 Å². The van der Waals surface area contributed by atoms with Gasteiger partial charge in [-0.2, -0.15) is 0 Å². The van der Waals surface area contributed by atoms with Crippen LogP contribution in [0, 0.1) is 0 Å². The third kappa shape index (κ3) is 9.50. The molecule has 15 heavy (non-hydrogen) atoms. The minimum Gasteiger partial charge on any atom is -0.469 e. The molecular weight excluding hydrogens is 188 g/mol. The fraction of sp³-hybridized carbons (Fsp3) is 0.667. The highest BCUT2D eigenvalue weighted by molar-refractivity contribution is 4.97. The van der Waals surface area contributed by atoms with Crippen LogP contribution >= 0.6 is 0 Å². The number of furan rings is 1. The van der Waals surface area contributed by atoms with Gasteiger partial charge in [0.2, 0.25) is 0 Å². The molecule has 0 aliphatic carbocycles. The highest BCUT2D eigenvalue weighted by Gasteiger charge is 1.95. The summed E-state index contributed by atoms with van der Waals surface area (Å²) >= 11 is 0. The van der Waals surface area contributed by atoms with Crippen molar-refractivity contribution in [2.75, 3.05) is 34.7 Å². The van der Waals surface area contributed by atoms with Crippen molar-refractivity contribution in [2.45, 2.75) is 19.3 Å². The molecule has 1 N–H and O–H groups in total. The monoisotopic (exact) mass is 212 g/mol. The lowest BCUT2D eigenvalue weighted by Crippen LogP contribution is -2.12. The molecule has 0 aliphatic rings. The molecule has 1 rings (SSSR count). The van der Waals surface area contributed by atoms with E-state index in [2.05, 4.69) is 24.3 Å². The van der Waals surface area contributed by atoms with Gasteiger partial charge in [0.15, 0.2) is 0 Å². The molecule has 0 fully saturated rings. The Balaban J connectivity index is 0.000000583. The molecule has 1 aromatic heterocycles. The summed E-state index contributed by atoms with van der Waals surface area (Å²) in [4.78, 5) is 2.21. The number of rotatable bonds is 5. The third-order valence-corrected chi connectivity index (χ3v) is 1.86. The topological polar surface area (TPSA) is 28.4 Å². The van der Waals surface area contributed by atoms with Crippen LogP contribution < -0.4 is 5.32 Å². The van der Waals surface area contributed by atoms with Gasteiger partial charge in [-0.05, 0) is 59.7 Å². The van der Waals surface area contributed by atoms with Crippen LogP contribution in [0.5, 0.6) is 0 Å². The van der Waals surface area contributed by atoms with Gasteiger partial charge >= 0.3 is 0 Å². The maximum absolute atomic E-state index is 5.23. The van der Waals surface area contributed by atoms with E-state index in [-0.39, 0.29) is 0 Å². The Bertz CT molecular complexity index is 207. The van der Waals surface area contributed by atoms with Crippen molar-refractivity contribution in [3.05, 3.63) is 24.2 Å². The molecule has 0 bridgehead atoms. The average molecular weight is 212 g/mol. The van der Waals surface area contributed by atoms with E-state index in [0.717, 1.165) is 12.2 Å². The minimum atomic E-state index is 1.07. The molecule has 3 nitrogen and oxygen atoms in total. The highest BCUT2D eigenvalue weighted by atomic mass is 16.3. The number of nitrogens with zero attached hydrogens (tertiary/aromatic N) is 1. The molecule has 0 amide bonds. The van der Waals surface area contributed by atoms with Crippen molar-refractivity contribution >= 4 is 0 Å². The summed E-state index contributed by atoms with van der Waals surface area (Å²) in [6.45, 7) is 1.17. The van der Waals surface area contributed by atoms with E-state index in [1.807, 2.05) is 26.2 Å². The summed E-state index contributed by atoms with van der Waals surface area (Å²) in [7, 11) is 7.96. The Kier molecular flexibility index (Phi) is 9.22. The first-order chi connectivity index (χ1) is 7.20. The van der Waals surface area contributed by atoms with Crippen LogP contribution in [-0.2, 0) is 6.42 Å². The Labute approximate surface area is 93.5 Å². The number of unbranched alkanes of at least 4 members (excludes halogenated alkanes) is 1. The highest BCUT2D eigenvalue weighted by Crippen LogP contribution is 2.05. The molecule has 88 valence electrons. The van der Waals surface area contributed by atoms with E-state index < -0.39 is 0 Å². The van der Waals surface area contributed by atoms with Crippen LogP contribution in [-0.4, -0.2) is 39.6 Å². The van der Waals surface area contributed by atoms with Gasteiger partial charge in [0.25, 0.3) is 0 Å². The molecule has 0 aliphatic heterocycles. The maximum atomic E-state index is 5.23. The number of nitrogens with one attached hydrogen (secondary N) is 1. The van der Waals surface area contributed by atoms with E-state index in [4.69, 9.17) is 4.42 Å². The standard InChI is InChI=1S/C10H17NO.C2H7N/c1-11(2)8-4-3-6-10-7-5-9-12-10;1-3-2/h5,7,9H,3-4,6,8H2,1-2H3;3H,1-2H3. The Morgan fingerprint density at radius 1 is 1.27 bits per heavy atom. The van der Waals surface area contributed by atoms with Crippen molar-refractivity contribution in [3.8, 4) is 0 Å². The quantitative estimate of drug-likeness (QED) is 0.757. The summed E-state index contributed by atoms with van der Waals surface area (Å²) in [6.07, 6.45) is 5.27. The van der Waals surface area contributed by atoms with E-state index >= 15 is 0 Å². The summed E-state index contributed by atoms with van der Waals surface area (Å²) in [5.74, 6) is 1.11. The molecule has 0 saturated heterocycles. The van der Waals surface area contributed by atoms with Gasteiger partial charge in [-0.15, -0.1) is 0 Å². The second-order valence-electron chi connectivity index (χ2n) is 3.84. The second-order valence-corrected chi connectivity index (χ2v) is 3.84. The van der Waals surface area contributed by atoms with Gasteiger partial charge in [0, 0.05) is 6.42 Å². The van der Waals surface area contributed by atoms with E-state index in [9.17, 15) is 0 Å². The van der Waals surface area contributed by atoms with Crippen molar-refractivity contribution in [1.82, 2.24) is 10.2 Å². The van der Waals surface area contributed by atoms with E-state index in [1.54, 1.807) is 6.26 Å². The third-order valence-electron chi connectivity index (χ3n) is 1.86. The normalized spacial score (nSPS) is 9.93. The number of hydrogen-bond donors (Lipinski definition) is 1. The van der Waals surface area contributed by atoms with E-state index in [1.165, 1.54) is 19.4 Å². The SMILES string of the molecule is CN(C)CCCCc1ccco1.CNC. The fourth-order valence-corrected chi connectivity index (χ4v) is 1.18. The summed E-state index contributed by atoms with van der Waals surface area (Å²) in [5, 5.41) is 2.75. The minimum absolute atomic E-state index is 1.07. The van der Waals surface area contributed by atoms with Crippen molar-refractivity contribution < 1.29 is 4.42 Å². The summed E-state index contributed by atoms with van der Waals surface area (Å²) in [5.41, 5.74) is 0. The molecule has 0 aromatic carbocycles. The predicted molar refractivity (Wildman–Crippen MR) is 65.2 cm³/mol. The van der Waals surface area contributed by atoms with Crippen molar-refractivity contribution in [2.24, 2.45) is 0 Å². The first-order valence-corrected chi connectivity index (χ1v) is 5.46. The predicted octanol–water partition coefficient (Wildman–Crippen LogP) is 2.00. The van der Waals surface area contributed by atoms with Gasteiger partial charge in [-0.3, -0.25) is 0 Å². The van der Waals surface area contributed by atoms with Crippen LogP contribution in [0.15, 0.2) is 22.8 Å². The molecule has 3 heteroatoms. The van der Waals surface area contributed by atoms with Crippen molar-refractivity contribution in [1.29, 1.82) is 0 Å². The summed E-state index contributed by atoms with van der Waals surface area (Å²) < 4.78 is 5.23. The van der Waals surface area contributed by atoms with Crippen LogP contribution in [0.25, 0.3) is 0 Å². The molecule has 0 spiro atoms. The molecule has 0 radical (unpaired) electrons. The van der Waals surface area contributed by atoms with Gasteiger partial charge in [-0.25, -0.2) is 0 Å². The largest absolute Gasteiger partial charge is 0.469 e. The first kappa shape index (κ1) is 14.2. The van der Waals surface area contributed by atoms with Crippen LogP contribution in [0.4, 0.5) is 0 Å². The maximum Gasteiger partial charge on any atom is 0.103 e. The van der Waals surface area contributed by atoms with Gasteiger partial charge < -0.3 is 14.6 Å². The van der Waals surface area contributed by atoms with Crippen LogP contribution in [0.3, 0.4) is 0 Å². The smallest absolute Gasteiger partial charge is 0.103 e. The fourth-order valence-electron chi connectivity index (χ4n) is 1.18. The molecule has 0 saturated carbocycles. The Morgan fingerprint density at radius 3 is 2.40 bits per heavy atom. The van der Waals surface area contributed by atoms with Gasteiger partial charge in [-0.1, -0.05) is 0 Å². The number of hydrogen-bond acceptors (Lipinski definition) is 3. The lowest BCUT2D eigenvalue weighted by Gasteiger charge is -2.07. The van der Waals surface area contributed by atoms with Gasteiger partial charge in [0.1, 0.15) is 5.76 Å². The molecule has 0 unspecified atom stereocenters. The van der Waals surface area contributed by atoms with E-state index in [0.29, 0.717) is 0 Å². The number of aryl methyl sites for hydroxylation is 1. The average Bonchev–Trinajstić information content (AvgIpc) is 2.66. The Hall–Kier alpha value is -0.800. The zero-order valence-electron chi connectivity index (χ0n) is 10.4. The van der Waals surface area contributed by atoms with Crippen LogP contribution in [0.1, 0.15) is 18.6 Å². The second kappa shape index (κ2) is 9.74. The van der Waals surface area contributed by atoms with Crippen molar-refractivity contribution in [3.63, 3.8) is 0 Å². The van der Waals surface area contributed by atoms with Crippen LogP contribution in [0.2, 0.25) is 0 Å². The molecule has 1 heterocycles. The lowest BCUT2D eigenvalue weighted by atomic mass is 10.2. The lowest BCUT2D eigenvalue weighted by molar-refractivity contribution is 0.389. The molecular formula is C12H24N2O. The zero-order chi connectivity index (χ0) is 11.5. The first-order valence-electron chi connectivity index (χ1n) is 5.46. The Morgan fingerprint density at radius 2 is 1.93 bits per heavy atom. The summed E-state index contributed by atoms with van der Waals surface area (Å²) in [6, 6.07) is 3.98. The molecule has 0 atom stereocenters. The zero-order valence-corrected chi connectivity index (χ0v) is 10.4. The molecule has 1 aromatic rings.